The van der Waals surface area contributed by atoms with Crippen molar-refractivity contribution < 1.29 is 4.74 Å². The SMILES string of the molecule is CCOc1ccccc1Nc1nc(Cl)nc(Cl)n1. The first-order chi connectivity index (χ1) is 8.69. The van der Waals surface area contributed by atoms with Gasteiger partial charge in [-0.2, -0.15) is 15.0 Å². The molecule has 0 saturated carbocycles. The van der Waals surface area contributed by atoms with Gasteiger partial charge in [-0.05, 0) is 42.3 Å². The topological polar surface area (TPSA) is 59.9 Å². The van der Waals surface area contributed by atoms with Crippen LogP contribution in [0.5, 0.6) is 5.75 Å². The number of anilines is 2. The molecular formula is C11H10Cl2N4O. The predicted molar refractivity (Wildman–Crippen MR) is 70.7 cm³/mol. The molecule has 0 radical (unpaired) electrons. The minimum atomic E-state index is 0.0337. The van der Waals surface area contributed by atoms with E-state index in [0.717, 1.165) is 5.69 Å². The molecular weight excluding hydrogens is 275 g/mol. The average molecular weight is 285 g/mol. The molecule has 0 spiro atoms. The van der Waals surface area contributed by atoms with Crippen LogP contribution in [0.4, 0.5) is 11.6 Å². The van der Waals surface area contributed by atoms with Crippen molar-refractivity contribution in [3.05, 3.63) is 34.8 Å². The number of ether oxygens (including phenoxy) is 1. The molecule has 0 amide bonds. The summed E-state index contributed by atoms with van der Waals surface area (Å²) in [6.07, 6.45) is 0. The van der Waals surface area contributed by atoms with E-state index < -0.39 is 0 Å². The summed E-state index contributed by atoms with van der Waals surface area (Å²) < 4.78 is 5.47. The Morgan fingerprint density at radius 3 is 2.44 bits per heavy atom. The number of hydrogen-bond donors (Lipinski definition) is 1. The molecule has 0 unspecified atom stereocenters. The van der Waals surface area contributed by atoms with Crippen LogP contribution < -0.4 is 10.1 Å². The maximum absolute atomic E-state index is 5.70. The predicted octanol–water partition coefficient (Wildman–Crippen LogP) is 3.32. The highest BCUT2D eigenvalue weighted by atomic mass is 35.5. The Labute approximate surface area is 114 Å². The lowest BCUT2D eigenvalue weighted by Crippen LogP contribution is -2.02. The molecule has 0 aliphatic heterocycles. The fourth-order valence-corrected chi connectivity index (χ4v) is 1.72. The van der Waals surface area contributed by atoms with E-state index in [1.807, 2.05) is 31.2 Å². The van der Waals surface area contributed by atoms with E-state index in [1.54, 1.807) is 0 Å². The smallest absolute Gasteiger partial charge is 0.232 e. The lowest BCUT2D eigenvalue weighted by Gasteiger charge is -2.10. The van der Waals surface area contributed by atoms with Crippen LogP contribution >= 0.6 is 23.2 Å². The van der Waals surface area contributed by atoms with Crippen molar-refractivity contribution in [2.75, 3.05) is 11.9 Å². The van der Waals surface area contributed by atoms with Crippen molar-refractivity contribution in [3.8, 4) is 5.75 Å². The highest BCUT2D eigenvalue weighted by Gasteiger charge is 2.07. The van der Waals surface area contributed by atoms with Gasteiger partial charge in [0.15, 0.2) is 0 Å². The van der Waals surface area contributed by atoms with Gasteiger partial charge in [0.2, 0.25) is 16.5 Å². The third-order valence-corrected chi connectivity index (χ3v) is 2.35. The molecule has 2 aromatic rings. The highest BCUT2D eigenvalue weighted by Crippen LogP contribution is 2.26. The second-order valence-electron chi connectivity index (χ2n) is 3.25. The second kappa shape index (κ2) is 5.84. The van der Waals surface area contributed by atoms with Crippen molar-refractivity contribution in [3.63, 3.8) is 0 Å². The molecule has 5 nitrogen and oxygen atoms in total. The Morgan fingerprint density at radius 2 is 1.78 bits per heavy atom. The molecule has 2 rings (SSSR count). The first kappa shape index (κ1) is 12.9. The molecule has 0 fully saturated rings. The van der Waals surface area contributed by atoms with E-state index in [9.17, 15) is 0 Å². The van der Waals surface area contributed by atoms with Crippen LogP contribution in [0.3, 0.4) is 0 Å². The molecule has 0 saturated heterocycles. The zero-order valence-electron chi connectivity index (χ0n) is 9.52. The summed E-state index contributed by atoms with van der Waals surface area (Å²) in [5.74, 6) is 0.972. The molecule has 0 aliphatic carbocycles. The van der Waals surface area contributed by atoms with Crippen LogP contribution in [0.25, 0.3) is 0 Å². The van der Waals surface area contributed by atoms with Crippen LogP contribution in [0.2, 0.25) is 10.6 Å². The number of halogens is 2. The Kier molecular flexibility index (Phi) is 4.17. The number of hydrogen-bond acceptors (Lipinski definition) is 5. The molecule has 7 heteroatoms. The maximum atomic E-state index is 5.70. The molecule has 1 N–H and O–H groups in total. The molecule has 0 bridgehead atoms. The Morgan fingerprint density at radius 1 is 1.11 bits per heavy atom. The molecule has 0 atom stereocenters. The molecule has 1 heterocycles. The van der Waals surface area contributed by atoms with Gasteiger partial charge in [0, 0.05) is 0 Å². The van der Waals surface area contributed by atoms with Crippen molar-refractivity contribution in [1.29, 1.82) is 0 Å². The molecule has 18 heavy (non-hydrogen) atoms. The Bertz CT molecular complexity index is 530. The second-order valence-corrected chi connectivity index (χ2v) is 3.93. The summed E-state index contributed by atoms with van der Waals surface area (Å²) in [4.78, 5) is 11.5. The number of para-hydroxylation sites is 2. The van der Waals surface area contributed by atoms with Crippen molar-refractivity contribution in [1.82, 2.24) is 15.0 Å². The molecule has 1 aromatic heterocycles. The summed E-state index contributed by atoms with van der Waals surface area (Å²) in [6, 6.07) is 7.44. The fraction of sp³-hybridized carbons (Fsp3) is 0.182. The maximum Gasteiger partial charge on any atom is 0.232 e. The van der Waals surface area contributed by atoms with Gasteiger partial charge in [-0.15, -0.1) is 0 Å². The van der Waals surface area contributed by atoms with Crippen LogP contribution in [-0.2, 0) is 0 Å². The normalized spacial score (nSPS) is 10.2. The number of benzene rings is 1. The minimum absolute atomic E-state index is 0.0337. The van der Waals surface area contributed by atoms with E-state index in [1.165, 1.54) is 0 Å². The summed E-state index contributed by atoms with van der Waals surface area (Å²) in [5.41, 5.74) is 0.734. The summed E-state index contributed by atoms with van der Waals surface area (Å²) in [6.45, 7) is 2.48. The van der Waals surface area contributed by atoms with Gasteiger partial charge in [0.1, 0.15) is 5.75 Å². The lowest BCUT2D eigenvalue weighted by molar-refractivity contribution is 0.342. The van der Waals surface area contributed by atoms with E-state index in [0.29, 0.717) is 12.4 Å². The Balaban J connectivity index is 2.27. The van der Waals surface area contributed by atoms with Gasteiger partial charge in [0.05, 0.1) is 12.3 Å². The van der Waals surface area contributed by atoms with Crippen molar-refractivity contribution in [2.24, 2.45) is 0 Å². The quantitative estimate of drug-likeness (QED) is 0.933. The first-order valence-electron chi connectivity index (χ1n) is 5.25. The van der Waals surface area contributed by atoms with Crippen LogP contribution in [-0.4, -0.2) is 21.6 Å². The van der Waals surface area contributed by atoms with Gasteiger partial charge < -0.3 is 10.1 Å². The lowest BCUT2D eigenvalue weighted by atomic mass is 10.3. The third-order valence-electron chi connectivity index (χ3n) is 2.01. The van der Waals surface area contributed by atoms with Crippen molar-refractivity contribution >= 4 is 34.8 Å². The monoisotopic (exact) mass is 284 g/mol. The van der Waals surface area contributed by atoms with Gasteiger partial charge in [-0.3, -0.25) is 0 Å². The standard InChI is InChI=1S/C11H10Cl2N4O/c1-2-18-8-6-4-3-5-7(8)14-11-16-9(12)15-10(13)17-11/h3-6H,2H2,1H3,(H,14,15,16,17). The third kappa shape index (κ3) is 3.21. The van der Waals surface area contributed by atoms with Gasteiger partial charge in [-0.25, -0.2) is 0 Å². The first-order valence-corrected chi connectivity index (χ1v) is 6.00. The fourth-order valence-electron chi connectivity index (χ4n) is 1.35. The van der Waals surface area contributed by atoms with E-state index in [4.69, 9.17) is 27.9 Å². The van der Waals surface area contributed by atoms with Crippen molar-refractivity contribution in [2.45, 2.75) is 6.92 Å². The minimum Gasteiger partial charge on any atom is -0.492 e. The largest absolute Gasteiger partial charge is 0.492 e. The van der Waals surface area contributed by atoms with Gasteiger partial charge in [-0.1, -0.05) is 12.1 Å². The zero-order valence-corrected chi connectivity index (χ0v) is 11.0. The highest BCUT2D eigenvalue weighted by molar-refractivity contribution is 6.31. The molecule has 1 aromatic carbocycles. The van der Waals surface area contributed by atoms with Crippen LogP contribution in [0.15, 0.2) is 24.3 Å². The summed E-state index contributed by atoms with van der Waals surface area (Å²) in [7, 11) is 0. The number of nitrogens with one attached hydrogen (secondary N) is 1. The van der Waals surface area contributed by atoms with Crippen LogP contribution in [0.1, 0.15) is 6.92 Å². The summed E-state index contributed by atoms with van der Waals surface area (Å²) in [5, 5.41) is 3.05. The Hall–Kier alpha value is -1.59. The molecule has 0 aliphatic rings. The van der Waals surface area contributed by atoms with E-state index in [2.05, 4.69) is 20.3 Å². The van der Waals surface area contributed by atoms with Gasteiger partial charge in [0.25, 0.3) is 0 Å². The summed E-state index contributed by atoms with van der Waals surface area (Å²) >= 11 is 11.4. The number of nitrogens with zero attached hydrogens (tertiary/aromatic N) is 3. The number of rotatable bonds is 4. The van der Waals surface area contributed by atoms with Crippen LogP contribution in [0, 0.1) is 0 Å². The number of aromatic nitrogens is 3. The van der Waals surface area contributed by atoms with E-state index >= 15 is 0 Å². The zero-order chi connectivity index (χ0) is 13.0. The average Bonchev–Trinajstić information content (AvgIpc) is 2.30. The molecule has 94 valence electrons. The van der Waals surface area contributed by atoms with E-state index in [-0.39, 0.29) is 16.5 Å². The van der Waals surface area contributed by atoms with Gasteiger partial charge >= 0.3 is 0 Å².